The lowest BCUT2D eigenvalue weighted by atomic mass is 10.0. The van der Waals surface area contributed by atoms with Crippen LogP contribution in [0.4, 0.5) is 0 Å². The second-order valence-electron chi connectivity index (χ2n) is 3.13. The molecule has 0 bridgehead atoms. The second-order valence-corrected chi connectivity index (χ2v) is 3.13. The third-order valence-corrected chi connectivity index (χ3v) is 2.43. The van der Waals surface area contributed by atoms with Crippen molar-refractivity contribution in [1.82, 2.24) is 0 Å². The number of hydrogen-bond acceptors (Lipinski definition) is 1. The quantitative estimate of drug-likeness (QED) is 0.752. The lowest BCUT2D eigenvalue weighted by Crippen LogP contribution is -2.07. The lowest BCUT2D eigenvalue weighted by molar-refractivity contribution is -0.138. The first-order valence-corrected chi connectivity index (χ1v) is 4.09. The van der Waals surface area contributed by atoms with Gasteiger partial charge in [-0.3, -0.25) is 4.79 Å². The minimum absolute atomic E-state index is 0. The molecule has 0 aliphatic heterocycles. The Kier molecular flexibility index (Phi) is 2.94. The normalized spacial score (nSPS) is 18.9. The molecule has 1 atom stereocenters. The van der Waals surface area contributed by atoms with Gasteiger partial charge in [0.15, 0.2) is 0 Å². The van der Waals surface area contributed by atoms with E-state index in [1.807, 2.05) is 24.3 Å². The molecule has 1 aromatic rings. The first kappa shape index (κ1) is 10.1. The van der Waals surface area contributed by atoms with E-state index in [4.69, 9.17) is 5.11 Å². The van der Waals surface area contributed by atoms with Crippen molar-refractivity contribution >= 4 is 18.4 Å². The molecular formula is C10H11ClO2. The molecule has 2 rings (SSSR count). The molecule has 0 amide bonds. The Bertz CT molecular complexity index is 322. The highest BCUT2D eigenvalue weighted by molar-refractivity contribution is 5.85. The van der Waals surface area contributed by atoms with E-state index in [9.17, 15) is 4.79 Å². The molecule has 0 fully saturated rings. The molecule has 1 aliphatic carbocycles. The van der Waals surface area contributed by atoms with Crippen molar-refractivity contribution < 1.29 is 9.90 Å². The molecule has 3 heteroatoms. The van der Waals surface area contributed by atoms with Crippen molar-refractivity contribution in [3.05, 3.63) is 35.4 Å². The van der Waals surface area contributed by atoms with Crippen LogP contribution in [0.1, 0.15) is 23.5 Å². The van der Waals surface area contributed by atoms with Crippen LogP contribution in [0.15, 0.2) is 24.3 Å². The maximum atomic E-state index is 10.8. The van der Waals surface area contributed by atoms with Crippen LogP contribution in [0.3, 0.4) is 0 Å². The fourth-order valence-electron chi connectivity index (χ4n) is 1.81. The molecule has 0 heterocycles. The zero-order valence-corrected chi connectivity index (χ0v) is 7.88. The van der Waals surface area contributed by atoms with Gasteiger partial charge in [0.2, 0.25) is 0 Å². The molecule has 70 valence electrons. The largest absolute Gasteiger partial charge is 0.481 e. The van der Waals surface area contributed by atoms with Gasteiger partial charge in [-0.2, -0.15) is 0 Å². The average molecular weight is 199 g/mol. The fourth-order valence-corrected chi connectivity index (χ4v) is 1.81. The van der Waals surface area contributed by atoms with E-state index in [0.717, 1.165) is 18.4 Å². The summed E-state index contributed by atoms with van der Waals surface area (Å²) in [5.74, 6) is -0.957. The number of carboxylic acid groups (broad SMARTS) is 1. The van der Waals surface area contributed by atoms with E-state index in [1.54, 1.807) is 0 Å². The van der Waals surface area contributed by atoms with Crippen LogP contribution in [0.5, 0.6) is 0 Å². The smallest absolute Gasteiger partial charge is 0.310 e. The first-order valence-electron chi connectivity index (χ1n) is 4.09. The van der Waals surface area contributed by atoms with E-state index in [-0.39, 0.29) is 18.3 Å². The third-order valence-electron chi connectivity index (χ3n) is 2.43. The first-order chi connectivity index (χ1) is 5.79. The van der Waals surface area contributed by atoms with E-state index in [2.05, 4.69) is 0 Å². The minimum Gasteiger partial charge on any atom is -0.481 e. The number of aryl methyl sites for hydroxylation is 1. The Morgan fingerprint density at radius 3 is 2.77 bits per heavy atom. The summed E-state index contributed by atoms with van der Waals surface area (Å²) in [5, 5.41) is 8.86. The molecule has 1 unspecified atom stereocenters. The van der Waals surface area contributed by atoms with Gasteiger partial charge in [-0.1, -0.05) is 24.3 Å². The summed E-state index contributed by atoms with van der Waals surface area (Å²) in [6.45, 7) is 0. The molecule has 0 aromatic heterocycles. The van der Waals surface area contributed by atoms with Gasteiger partial charge in [0, 0.05) is 0 Å². The topological polar surface area (TPSA) is 37.3 Å². The molecule has 0 saturated carbocycles. The van der Waals surface area contributed by atoms with Crippen LogP contribution in [0.25, 0.3) is 0 Å². The van der Waals surface area contributed by atoms with Crippen LogP contribution < -0.4 is 0 Å². The number of aliphatic carboxylic acids is 1. The van der Waals surface area contributed by atoms with Crippen LogP contribution in [-0.2, 0) is 11.2 Å². The van der Waals surface area contributed by atoms with E-state index >= 15 is 0 Å². The Hall–Kier alpha value is -1.02. The van der Waals surface area contributed by atoms with Crippen LogP contribution in [0.2, 0.25) is 0 Å². The van der Waals surface area contributed by atoms with Gasteiger partial charge in [0.25, 0.3) is 0 Å². The fraction of sp³-hybridized carbons (Fsp3) is 0.300. The highest BCUT2D eigenvalue weighted by Crippen LogP contribution is 2.32. The van der Waals surface area contributed by atoms with Crippen molar-refractivity contribution in [2.24, 2.45) is 0 Å². The Labute approximate surface area is 83.0 Å². The molecule has 1 aromatic carbocycles. The minimum atomic E-state index is -0.694. The number of rotatable bonds is 1. The number of carbonyl (C=O) groups is 1. The van der Waals surface area contributed by atoms with Gasteiger partial charge < -0.3 is 5.11 Å². The Morgan fingerprint density at radius 2 is 2.08 bits per heavy atom. The van der Waals surface area contributed by atoms with Crippen LogP contribution in [0, 0.1) is 0 Å². The maximum Gasteiger partial charge on any atom is 0.310 e. The highest BCUT2D eigenvalue weighted by Gasteiger charge is 2.27. The van der Waals surface area contributed by atoms with Gasteiger partial charge in [-0.15, -0.1) is 12.4 Å². The SMILES string of the molecule is Cl.O=C(O)C1CCc2ccccc21. The Morgan fingerprint density at radius 1 is 1.38 bits per heavy atom. The van der Waals surface area contributed by atoms with E-state index < -0.39 is 5.97 Å². The van der Waals surface area contributed by atoms with Crippen LogP contribution in [-0.4, -0.2) is 11.1 Å². The van der Waals surface area contributed by atoms with Gasteiger partial charge in [-0.05, 0) is 24.0 Å². The summed E-state index contributed by atoms with van der Waals surface area (Å²) in [6.07, 6.45) is 1.67. The number of benzene rings is 1. The van der Waals surface area contributed by atoms with Gasteiger partial charge in [0.1, 0.15) is 0 Å². The Balaban J connectivity index is 0.000000845. The van der Waals surface area contributed by atoms with Crippen molar-refractivity contribution in [3.8, 4) is 0 Å². The number of hydrogen-bond donors (Lipinski definition) is 1. The van der Waals surface area contributed by atoms with E-state index in [0.29, 0.717) is 0 Å². The maximum absolute atomic E-state index is 10.8. The number of fused-ring (bicyclic) bond motifs is 1. The number of carboxylic acids is 1. The summed E-state index contributed by atoms with van der Waals surface area (Å²) < 4.78 is 0. The molecule has 0 saturated heterocycles. The molecule has 2 nitrogen and oxygen atoms in total. The third kappa shape index (κ3) is 1.68. The van der Waals surface area contributed by atoms with E-state index in [1.165, 1.54) is 5.56 Å². The van der Waals surface area contributed by atoms with Crippen LogP contribution >= 0.6 is 12.4 Å². The zero-order valence-electron chi connectivity index (χ0n) is 7.06. The highest BCUT2D eigenvalue weighted by atomic mass is 35.5. The summed E-state index contributed by atoms with van der Waals surface area (Å²) >= 11 is 0. The summed E-state index contributed by atoms with van der Waals surface area (Å²) in [5.41, 5.74) is 2.20. The predicted octanol–water partition coefficient (Wildman–Crippen LogP) is 2.22. The van der Waals surface area contributed by atoms with Gasteiger partial charge in [-0.25, -0.2) is 0 Å². The number of halogens is 1. The molecule has 1 aliphatic rings. The zero-order chi connectivity index (χ0) is 8.55. The average Bonchev–Trinajstić information content (AvgIpc) is 2.47. The van der Waals surface area contributed by atoms with Gasteiger partial charge >= 0.3 is 5.97 Å². The molecule has 1 N–H and O–H groups in total. The predicted molar refractivity (Wildman–Crippen MR) is 52.4 cm³/mol. The summed E-state index contributed by atoms with van der Waals surface area (Å²) in [7, 11) is 0. The summed E-state index contributed by atoms with van der Waals surface area (Å²) in [6, 6.07) is 7.79. The molecule has 0 radical (unpaired) electrons. The van der Waals surface area contributed by atoms with Gasteiger partial charge in [0.05, 0.1) is 5.92 Å². The van der Waals surface area contributed by atoms with Crippen molar-refractivity contribution in [2.45, 2.75) is 18.8 Å². The van der Waals surface area contributed by atoms with Crippen molar-refractivity contribution in [3.63, 3.8) is 0 Å². The summed E-state index contributed by atoms with van der Waals surface area (Å²) in [4.78, 5) is 10.8. The second kappa shape index (κ2) is 3.79. The molecular weight excluding hydrogens is 188 g/mol. The standard InChI is InChI=1S/C10H10O2.ClH/c11-10(12)9-6-5-7-3-1-2-4-8(7)9;/h1-4,9H,5-6H2,(H,11,12);1H. The monoisotopic (exact) mass is 198 g/mol. The van der Waals surface area contributed by atoms with Crippen molar-refractivity contribution in [1.29, 1.82) is 0 Å². The molecule has 0 spiro atoms. The lowest BCUT2D eigenvalue weighted by Gasteiger charge is -2.03. The van der Waals surface area contributed by atoms with Crippen molar-refractivity contribution in [2.75, 3.05) is 0 Å². The molecule has 13 heavy (non-hydrogen) atoms.